The second-order valence-corrected chi connectivity index (χ2v) is 6.15. The standard InChI is InChI=1S/C11H26N4S/c1-11(2,16)10(14-4-3-12)9-15-7-5-13-6-8-15/h10,13-14,16H,3-9,12H2,1-2H3. The summed E-state index contributed by atoms with van der Waals surface area (Å²) in [5.41, 5.74) is 5.54. The van der Waals surface area contributed by atoms with E-state index in [1.165, 1.54) is 0 Å². The molecule has 1 rings (SSSR count). The second-order valence-electron chi connectivity index (χ2n) is 5.00. The van der Waals surface area contributed by atoms with Gasteiger partial charge in [0.1, 0.15) is 0 Å². The summed E-state index contributed by atoms with van der Waals surface area (Å²) in [6.45, 7) is 11.4. The number of hydrogen-bond acceptors (Lipinski definition) is 5. The van der Waals surface area contributed by atoms with Crippen molar-refractivity contribution >= 4 is 12.6 Å². The normalized spacial score (nSPS) is 21.0. The van der Waals surface area contributed by atoms with Crippen molar-refractivity contribution in [2.75, 3.05) is 45.8 Å². The Morgan fingerprint density at radius 1 is 1.44 bits per heavy atom. The second kappa shape index (κ2) is 6.81. The van der Waals surface area contributed by atoms with Gasteiger partial charge in [0.2, 0.25) is 0 Å². The number of hydrogen-bond donors (Lipinski definition) is 4. The van der Waals surface area contributed by atoms with Crippen LogP contribution < -0.4 is 16.4 Å². The first-order valence-electron chi connectivity index (χ1n) is 6.13. The summed E-state index contributed by atoms with van der Waals surface area (Å²) >= 11 is 4.68. The molecule has 0 aromatic carbocycles. The molecule has 0 spiro atoms. The quantitative estimate of drug-likeness (QED) is 0.478. The molecule has 0 amide bonds. The Kier molecular flexibility index (Phi) is 6.07. The first kappa shape index (κ1) is 14.3. The van der Waals surface area contributed by atoms with Gasteiger partial charge in [-0.2, -0.15) is 12.6 Å². The number of nitrogens with one attached hydrogen (secondary N) is 2. The van der Waals surface area contributed by atoms with Crippen LogP contribution in [0, 0.1) is 0 Å². The van der Waals surface area contributed by atoms with E-state index < -0.39 is 0 Å². The lowest BCUT2D eigenvalue weighted by molar-refractivity contribution is 0.204. The maximum atomic E-state index is 5.54. The number of piperazine rings is 1. The average molecular weight is 246 g/mol. The predicted molar refractivity (Wildman–Crippen MR) is 73.2 cm³/mol. The zero-order valence-corrected chi connectivity index (χ0v) is 11.4. The largest absolute Gasteiger partial charge is 0.329 e. The third kappa shape index (κ3) is 5.01. The van der Waals surface area contributed by atoms with Crippen molar-refractivity contribution in [2.45, 2.75) is 24.6 Å². The Hall–Kier alpha value is 0.190. The minimum Gasteiger partial charge on any atom is -0.329 e. The third-order valence-corrected chi connectivity index (χ3v) is 3.35. The molecule has 1 heterocycles. The highest BCUT2D eigenvalue weighted by Crippen LogP contribution is 2.18. The van der Waals surface area contributed by atoms with Gasteiger partial charge in [0.25, 0.3) is 0 Å². The van der Waals surface area contributed by atoms with Crippen LogP contribution in [0.2, 0.25) is 0 Å². The van der Waals surface area contributed by atoms with Crippen LogP contribution in [-0.2, 0) is 0 Å². The van der Waals surface area contributed by atoms with Crippen molar-refractivity contribution in [3.8, 4) is 0 Å². The maximum absolute atomic E-state index is 5.54. The Morgan fingerprint density at radius 2 is 2.06 bits per heavy atom. The van der Waals surface area contributed by atoms with Crippen LogP contribution in [0.4, 0.5) is 0 Å². The van der Waals surface area contributed by atoms with E-state index in [0.29, 0.717) is 12.6 Å². The first-order chi connectivity index (χ1) is 7.54. The van der Waals surface area contributed by atoms with Crippen LogP contribution >= 0.6 is 12.6 Å². The number of nitrogens with zero attached hydrogens (tertiary/aromatic N) is 1. The Balaban J connectivity index is 2.41. The molecule has 5 heteroatoms. The Morgan fingerprint density at radius 3 is 2.56 bits per heavy atom. The molecule has 0 aromatic heterocycles. The fourth-order valence-corrected chi connectivity index (χ4v) is 2.12. The van der Waals surface area contributed by atoms with E-state index in [-0.39, 0.29) is 4.75 Å². The van der Waals surface area contributed by atoms with Crippen LogP contribution in [0.15, 0.2) is 0 Å². The van der Waals surface area contributed by atoms with Crippen molar-refractivity contribution in [1.29, 1.82) is 0 Å². The van der Waals surface area contributed by atoms with Gasteiger partial charge in [-0.05, 0) is 13.8 Å². The maximum Gasteiger partial charge on any atom is 0.0335 e. The highest BCUT2D eigenvalue weighted by molar-refractivity contribution is 7.81. The topological polar surface area (TPSA) is 53.3 Å². The van der Waals surface area contributed by atoms with Crippen LogP contribution in [-0.4, -0.2) is 61.5 Å². The van der Waals surface area contributed by atoms with Crippen molar-refractivity contribution in [2.24, 2.45) is 5.73 Å². The molecule has 4 N–H and O–H groups in total. The molecule has 0 radical (unpaired) electrons. The molecule has 0 aromatic rings. The fourth-order valence-electron chi connectivity index (χ4n) is 1.95. The summed E-state index contributed by atoms with van der Waals surface area (Å²) in [6, 6.07) is 0.387. The van der Waals surface area contributed by atoms with Crippen LogP contribution in [0.3, 0.4) is 0 Å². The van der Waals surface area contributed by atoms with E-state index in [0.717, 1.165) is 39.3 Å². The minimum atomic E-state index is -0.0138. The van der Waals surface area contributed by atoms with Gasteiger partial charge < -0.3 is 16.4 Å². The van der Waals surface area contributed by atoms with E-state index in [2.05, 4.69) is 42.0 Å². The minimum absolute atomic E-state index is 0.0138. The zero-order chi connectivity index (χ0) is 12.0. The van der Waals surface area contributed by atoms with E-state index in [1.54, 1.807) is 0 Å². The van der Waals surface area contributed by atoms with Gasteiger partial charge in [-0.15, -0.1) is 0 Å². The molecule has 16 heavy (non-hydrogen) atoms. The van der Waals surface area contributed by atoms with Gasteiger partial charge >= 0.3 is 0 Å². The summed E-state index contributed by atoms with van der Waals surface area (Å²) in [7, 11) is 0. The molecule has 1 aliphatic heterocycles. The van der Waals surface area contributed by atoms with Gasteiger partial charge in [-0.1, -0.05) is 0 Å². The molecular formula is C11H26N4S. The summed E-state index contributed by atoms with van der Waals surface area (Å²) in [6.07, 6.45) is 0. The van der Waals surface area contributed by atoms with Crippen molar-refractivity contribution in [3.05, 3.63) is 0 Å². The van der Waals surface area contributed by atoms with Gasteiger partial charge in [0.15, 0.2) is 0 Å². The highest BCUT2D eigenvalue weighted by atomic mass is 32.1. The highest BCUT2D eigenvalue weighted by Gasteiger charge is 2.27. The SMILES string of the molecule is CC(C)(S)C(CN1CCNCC1)NCCN. The lowest BCUT2D eigenvalue weighted by atomic mass is 10.0. The van der Waals surface area contributed by atoms with E-state index in [9.17, 15) is 0 Å². The van der Waals surface area contributed by atoms with Crippen LogP contribution in [0.5, 0.6) is 0 Å². The molecule has 0 saturated carbocycles. The lowest BCUT2D eigenvalue weighted by Crippen LogP contribution is -2.55. The Bertz CT molecular complexity index is 187. The van der Waals surface area contributed by atoms with Crippen LogP contribution in [0.25, 0.3) is 0 Å². The molecule has 1 fully saturated rings. The van der Waals surface area contributed by atoms with Crippen molar-refractivity contribution in [3.63, 3.8) is 0 Å². The molecular weight excluding hydrogens is 220 g/mol. The van der Waals surface area contributed by atoms with Crippen LogP contribution in [0.1, 0.15) is 13.8 Å². The molecule has 96 valence electrons. The third-order valence-electron chi connectivity index (χ3n) is 3.04. The smallest absolute Gasteiger partial charge is 0.0335 e. The predicted octanol–water partition coefficient (Wildman–Crippen LogP) is -0.483. The number of nitrogens with two attached hydrogens (primary N) is 1. The summed E-state index contributed by atoms with van der Waals surface area (Å²) < 4.78 is -0.0138. The van der Waals surface area contributed by atoms with E-state index >= 15 is 0 Å². The van der Waals surface area contributed by atoms with E-state index in [1.807, 2.05) is 0 Å². The summed E-state index contributed by atoms with van der Waals surface area (Å²) in [4.78, 5) is 2.49. The molecule has 1 aliphatic rings. The van der Waals surface area contributed by atoms with Crippen molar-refractivity contribution in [1.82, 2.24) is 15.5 Å². The lowest BCUT2D eigenvalue weighted by Gasteiger charge is -2.37. The Labute approximate surface area is 105 Å². The molecule has 1 saturated heterocycles. The van der Waals surface area contributed by atoms with Gasteiger partial charge in [0.05, 0.1) is 0 Å². The average Bonchev–Trinajstić information content (AvgIpc) is 2.24. The molecule has 1 atom stereocenters. The van der Waals surface area contributed by atoms with Gasteiger partial charge in [-0.3, -0.25) is 4.90 Å². The molecule has 1 unspecified atom stereocenters. The monoisotopic (exact) mass is 246 g/mol. The zero-order valence-electron chi connectivity index (χ0n) is 10.5. The van der Waals surface area contributed by atoms with Gasteiger partial charge in [0, 0.05) is 56.6 Å². The van der Waals surface area contributed by atoms with Gasteiger partial charge in [-0.25, -0.2) is 0 Å². The van der Waals surface area contributed by atoms with E-state index in [4.69, 9.17) is 5.73 Å². The summed E-state index contributed by atoms with van der Waals surface area (Å²) in [5.74, 6) is 0. The number of rotatable bonds is 6. The van der Waals surface area contributed by atoms with Crippen molar-refractivity contribution < 1.29 is 0 Å². The molecule has 0 bridgehead atoms. The number of thiol groups is 1. The molecule has 0 aliphatic carbocycles. The molecule has 4 nitrogen and oxygen atoms in total. The fraction of sp³-hybridized carbons (Fsp3) is 1.00. The summed E-state index contributed by atoms with van der Waals surface area (Å²) in [5, 5.41) is 6.86. The first-order valence-corrected chi connectivity index (χ1v) is 6.57.